The van der Waals surface area contributed by atoms with Gasteiger partial charge in [0.1, 0.15) is 0 Å². The largest absolute Gasteiger partial charge is 0.350 e. The van der Waals surface area contributed by atoms with E-state index in [1.54, 1.807) is 23.9 Å². The molecule has 0 saturated carbocycles. The van der Waals surface area contributed by atoms with Crippen LogP contribution in [0.4, 0.5) is 4.79 Å². The number of hydrogen-bond donors (Lipinski definition) is 2. The highest BCUT2D eigenvalue weighted by atomic mass is 32.1. The smallest absolute Gasteiger partial charge is 0.338 e. The summed E-state index contributed by atoms with van der Waals surface area (Å²) >= 11 is 1.73. The number of primary amides is 1. The highest BCUT2D eigenvalue weighted by Crippen LogP contribution is 2.32. The Hall–Kier alpha value is -2.12. The second kappa shape index (κ2) is 5.71. The summed E-state index contributed by atoms with van der Waals surface area (Å²) in [4.78, 5) is 17.4. The molecule has 2 amide bonds. The van der Waals surface area contributed by atoms with Crippen LogP contribution in [0.25, 0.3) is 6.08 Å². The van der Waals surface area contributed by atoms with Crippen molar-refractivity contribution in [3.63, 3.8) is 0 Å². The zero-order chi connectivity index (χ0) is 14.8. The summed E-state index contributed by atoms with van der Waals surface area (Å²) in [6.07, 6.45) is 9.32. The van der Waals surface area contributed by atoms with Crippen LogP contribution in [0, 0.1) is 0 Å². The van der Waals surface area contributed by atoms with Crippen LogP contribution in [0.3, 0.4) is 0 Å². The molecule has 21 heavy (non-hydrogen) atoms. The zero-order valence-electron chi connectivity index (χ0n) is 11.4. The van der Waals surface area contributed by atoms with Crippen LogP contribution in [-0.4, -0.2) is 32.4 Å². The number of fused-ring (bicyclic) bond motifs is 1. The normalized spacial score (nSPS) is 13.7. The number of aryl methyl sites for hydroxylation is 1. The number of aromatic nitrogens is 2. The highest BCUT2D eigenvalue weighted by molar-refractivity contribution is 7.13. The van der Waals surface area contributed by atoms with E-state index in [-0.39, 0.29) is 6.54 Å². The molecule has 2 aromatic rings. The van der Waals surface area contributed by atoms with Crippen molar-refractivity contribution in [3.05, 3.63) is 45.7 Å². The molecule has 0 radical (unpaired) electrons. The van der Waals surface area contributed by atoms with Gasteiger partial charge in [0.25, 0.3) is 0 Å². The minimum absolute atomic E-state index is 0.170. The van der Waals surface area contributed by atoms with Crippen LogP contribution in [0.1, 0.15) is 21.7 Å². The maximum absolute atomic E-state index is 10.9. The predicted molar refractivity (Wildman–Crippen MR) is 80.0 cm³/mol. The average molecular weight is 304 g/mol. The fourth-order valence-corrected chi connectivity index (χ4v) is 3.62. The molecule has 6 nitrogen and oxygen atoms in total. The summed E-state index contributed by atoms with van der Waals surface area (Å²) in [6.45, 7) is 0.984. The third-order valence-corrected chi connectivity index (χ3v) is 4.56. The van der Waals surface area contributed by atoms with Crippen molar-refractivity contribution in [2.45, 2.75) is 19.4 Å². The van der Waals surface area contributed by atoms with E-state index in [0.717, 1.165) is 25.0 Å². The Labute approximate surface area is 126 Å². The lowest BCUT2D eigenvalue weighted by Gasteiger charge is -2.17. The Morgan fingerprint density at radius 3 is 3.10 bits per heavy atom. The van der Waals surface area contributed by atoms with E-state index in [4.69, 9.17) is 5.73 Å². The van der Waals surface area contributed by atoms with E-state index in [1.165, 1.54) is 15.3 Å². The van der Waals surface area contributed by atoms with Gasteiger partial charge in [-0.25, -0.2) is 14.8 Å². The summed E-state index contributed by atoms with van der Waals surface area (Å²) in [5.74, 6) is 0. The molecule has 110 valence electrons. The summed E-state index contributed by atoms with van der Waals surface area (Å²) in [7, 11) is 0. The van der Waals surface area contributed by atoms with Crippen molar-refractivity contribution in [2.75, 3.05) is 6.54 Å². The van der Waals surface area contributed by atoms with E-state index >= 15 is 0 Å². The van der Waals surface area contributed by atoms with Gasteiger partial charge in [-0.2, -0.15) is 0 Å². The number of carbonyl (C=O) groups is 1. The van der Waals surface area contributed by atoms with Gasteiger partial charge in [-0.1, -0.05) is 0 Å². The second-order valence-electron chi connectivity index (χ2n) is 5.04. The molecule has 0 aliphatic heterocycles. The fourth-order valence-electron chi connectivity index (χ4n) is 2.41. The predicted octanol–water partition coefficient (Wildman–Crippen LogP) is 2.09. The molecule has 0 fully saturated rings. The van der Waals surface area contributed by atoms with E-state index < -0.39 is 6.03 Å². The average Bonchev–Trinajstić information content (AvgIpc) is 3.07. The van der Waals surface area contributed by atoms with Gasteiger partial charge in [0.05, 0.1) is 19.4 Å². The molecule has 0 spiro atoms. The van der Waals surface area contributed by atoms with Gasteiger partial charge in [0.15, 0.2) is 0 Å². The maximum atomic E-state index is 10.9. The number of imidazole rings is 1. The first-order chi connectivity index (χ1) is 10.1. The van der Waals surface area contributed by atoms with E-state index in [1.807, 2.05) is 16.8 Å². The Kier molecular flexibility index (Phi) is 3.76. The number of hydrogen-bond acceptors (Lipinski definition) is 4. The van der Waals surface area contributed by atoms with Gasteiger partial charge in [0.2, 0.25) is 0 Å². The number of hydroxylamine groups is 2. The van der Waals surface area contributed by atoms with Crippen LogP contribution in [0.5, 0.6) is 0 Å². The van der Waals surface area contributed by atoms with Crippen molar-refractivity contribution < 1.29 is 10.0 Å². The van der Waals surface area contributed by atoms with Gasteiger partial charge in [-0.05, 0) is 36.1 Å². The molecular formula is C14H16N4O2S. The van der Waals surface area contributed by atoms with Crippen molar-refractivity contribution in [3.8, 4) is 0 Å². The topological polar surface area (TPSA) is 84.4 Å². The number of rotatable bonds is 4. The molecule has 0 aromatic carbocycles. The Balaban J connectivity index is 1.75. The van der Waals surface area contributed by atoms with Crippen LogP contribution in [0.2, 0.25) is 0 Å². The summed E-state index contributed by atoms with van der Waals surface area (Å²) in [5.41, 5.74) is 7.37. The molecule has 0 atom stereocenters. The number of nitrogens with zero attached hydrogens (tertiary/aromatic N) is 3. The molecule has 2 heterocycles. The molecular weight excluding hydrogens is 288 g/mol. The molecule has 0 bridgehead atoms. The van der Waals surface area contributed by atoms with Gasteiger partial charge < -0.3 is 10.3 Å². The maximum Gasteiger partial charge on any atom is 0.338 e. The lowest BCUT2D eigenvalue weighted by atomic mass is 9.98. The molecule has 3 N–H and O–H groups in total. The van der Waals surface area contributed by atoms with Crippen LogP contribution < -0.4 is 5.73 Å². The Morgan fingerprint density at radius 2 is 2.38 bits per heavy atom. The zero-order valence-corrected chi connectivity index (χ0v) is 12.2. The number of nitrogens with two attached hydrogens (primary N) is 1. The SMILES string of the molecule is NC(=O)N(O)CC1=Cc2sc(Cn3ccnc3)cc2CC1. The second-order valence-corrected chi connectivity index (χ2v) is 6.20. The first-order valence-electron chi connectivity index (χ1n) is 6.64. The van der Waals surface area contributed by atoms with E-state index in [0.29, 0.717) is 5.06 Å². The summed E-state index contributed by atoms with van der Waals surface area (Å²) < 4.78 is 2.03. The standard InChI is InChI=1S/C14H16N4O2S/c15-14(19)18(20)7-10-1-2-11-6-12(21-13(11)5-10)8-17-4-3-16-9-17/h3-6,9,20H,1-2,7-8H2,(H2,15,19). The Morgan fingerprint density at radius 1 is 1.52 bits per heavy atom. The van der Waals surface area contributed by atoms with Gasteiger partial charge in [-0.15, -0.1) is 11.3 Å². The summed E-state index contributed by atoms with van der Waals surface area (Å²) in [5, 5.41) is 9.97. The fraction of sp³-hybridized carbons (Fsp3) is 0.286. The monoisotopic (exact) mass is 304 g/mol. The highest BCUT2D eigenvalue weighted by Gasteiger charge is 2.17. The molecule has 7 heteroatoms. The number of amides is 2. The van der Waals surface area contributed by atoms with Gasteiger partial charge >= 0.3 is 6.03 Å². The lowest BCUT2D eigenvalue weighted by molar-refractivity contribution is -0.0313. The van der Waals surface area contributed by atoms with Crippen molar-refractivity contribution >= 4 is 23.4 Å². The molecule has 1 aliphatic rings. The van der Waals surface area contributed by atoms with Crippen molar-refractivity contribution in [1.29, 1.82) is 0 Å². The van der Waals surface area contributed by atoms with Gasteiger partial charge in [-0.3, -0.25) is 5.21 Å². The number of carbonyl (C=O) groups excluding carboxylic acids is 1. The third kappa shape index (κ3) is 3.14. The van der Waals surface area contributed by atoms with E-state index in [9.17, 15) is 10.0 Å². The minimum Gasteiger partial charge on any atom is -0.350 e. The first-order valence-corrected chi connectivity index (χ1v) is 7.46. The number of thiophene rings is 1. The molecule has 0 saturated heterocycles. The Bertz CT molecular complexity index is 675. The quantitative estimate of drug-likeness (QED) is 0.670. The lowest BCUT2D eigenvalue weighted by Crippen LogP contribution is -2.34. The summed E-state index contributed by atoms with van der Waals surface area (Å²) in [6, 6.07) is 1.40. The molecule has 3 rings (SSSR count). The van der Waals surface area contributed by atoms with Crippen LogP contribution in [-0.2, 0) is 13.0 Å². The number of urea groups is 1. The van der Waals surface area contributed by atoms with Crippen LogP contribution >= 0.6 is 11.3 Å². The molecule has 2 aromatic heterocycles. The van der Waals surface area contributed by atoms with Crippen molar-refractivity contribution in [2.24, 2.45) is 5.73 Å². The molecule has 0 unspecified atom stereocenters. The third-order valence-electron chi connectivity index (χ3n) is 3.45. The van der Waals surface area contributed by atoms with Crippen LogP contribution in [0.15, 0.2) is 30.4 Å². The first kappa shape index (κ1) is 13.8. The molecule has 1 aliphatic carbocycles. The minimum atomic E-state index is -0.825. The van der Waals surface area contributed by atoms with E-state index in [2.05, 4.69) is 11.1 Å². The van der Waals surface area contributed by atoms with Gasteiger partial charge in [0, 0.05) is 22.1 Å². The van der Waals surface area contributed by atoms with Crippen molar-refractivity contribution in [1.82, 2.24) is 14.6 Å².